The van der Waals surface area contributed by atoms with Crippen molar-refractivity contribution in [1.29, 1.82) is 0 Å². The molecule has 4 rings (SSSR count). The second kappa shape index (κ2) is 8.70. The largest absolute Gasteiger partial charge is 0.335 e. The van der Waals surface area contributed by atoms with Crippen LogP contribution in [0, 0.1) is 5.82 Å². The Balaban J connectivity index is 1.64. The van der Waals surface area contributed by atoms with Crippen molar-refractivity contribution in [2.24, 2.45) is 0 Å². The van der Waals surface area contributed by atoms with Gasteiger partial charge in [0.05, 0.1) is 22.3 Å². The number of amides is 2. The minimum atomic E-state index is -0.395. The average molecular weight is 446 g/mol. The first-order valence-electron chi connectivity index (χ1n) is 9.84. The zero-order valence-electron chi connectivity index (χ0n) is 16.5. The van der Waals surface area contributed by atoms with Gasteiger partial charge in [-0.25, -0.2) is 9.37 Å². The van der Waals surface area contributed by atoms with Crippen LogP contribution in [0.4, 0.5) is 4.39 Å². The van der Waals surface area contributed by atoms with Gasteiger partial charge in [-0.1, -0.05) is 30.7 Å². The Morgan fingerprint density at radius 3 is 2.87 bits per heavy atom. The monoisotopic (exact) mass is 445 g/mol. The van der Waals surface area contributed by atoms with Gasteiger partial charge in [0.1, 0.15) is 5.82 Å². The molecule has 1 aromatic heterocycles. The van der Waals surface area contributed by atoms with Crippen LogP contribution in [-0.4, -0.2) is 46.2 Å². The van der Waals surface area contributed by atoms with Crippen molar-refractivity contribution in [1.82, 2.24) is 14.8 Å². The van der Waals surface area contributed by atoms with Gasteiger partial charge in [0.2, 0.25) is 11.8 Å². The third kappa shape index (κ3) is 4.04. The van der Waals surface area contributed by atoms with Crippen LogP contribution in [0.25, 0.3) is 21.3 Å². The first-order valence-corrected chi connectivity index (χ1v) is 11.1. The minimum absolute atomic E-state index is 0.00833. The summed E-state index contributed by atoms with van der Waals surface area (Å²) in [6.45, 7) is 3.00. The third-order valence-electron chi connectivity index (χ3n) is 5.25. The number of halogens is 2. The zero-order valence-corrected chi connectivity index (χ0v) is 18.1. The summed E-state index contributed by atoms with van der Waals surface area (Å²) in [6.07, 6.45) is 1.19. The summed E-state index contributed by atoms with van der Waals surface area (Å²) in [4.78, 5) is 32.3. The van der Waals surface area contributed by atoms with E-state index in [1.165, 1.54) is 11.3 Å². The molecule has 0 aliphatic carbocycles. The van der Waals surface area contributed by atoms with E-state index in [1.54, 1.807) is 45.6 Å². The van der Waals surface area contributed by atoms with Crippen LogP contribution in [0.1, 0.15) is 25.3 Å². The number of piperazine rings is 1. The van der Waals surface area contributed by atoms with Gasteiger partial charge in [-0.3, -0.25) is 9.59 Å². The van der Waals surface area contributed by atoms with Gasteiger partial charge in [-0.2, -0.15) is 0 Å². The first kappa shape index (κ1) is 20.8. The lowest BCUT2D eigenvalue weighted by atomic mass is 10.00. The van der Waals surface area contributed by atoms with Crippen LogP contribution < -0.4 is 0 Å². The Labute approximate surface area is 183 Å². The highest BCUT2D eigenvalue weighted by atomic mass is 35.5. The van der Waals surface area contributed by atoms with E-state index in [4.69, 9.17) is 11.6 Å². The van der Waals surface area contributed by atoms with Crippen molar-refractivity contribution in [3.63, 3.8) is 0 Å². The van der Waals surface area contributed by atoms with Gasteiger partial charge in [0.25, 0.3) is 0 Å². The molecule has 0 spiro atoms. The van der Waals surface area contributed by atoms with Crippen molar-refractivity contribution >= 4 is 45.0 Å². The maximum atomic E-state index is 15.6. The Bertz CT molecular complexity index is 1120. The van der Waals surface area contributed by atoms with Crippen molar-refractivity contribution in [3.05, 3.63) is 52.2 Å². The number of aromatic nitrogens is 1. The summed E-state index contributed by atoms with van der Waals surface area (Å²) < 4.78 is 16.5. The molecule has 0 atom stereocenters. The van der Waals surface area contributed by atoms with Gasteiger partial charge >= 0.3 is 0 Å². The molecule has 2 aromatic carbocycles. The molecule has 0 radical (unpaired) electrons. The standard InChI is InChI=1S/C22H21ClFN3O2S/c1-2-4-18(28)27-8-7-26(19(29)12-27)11-15-10-17-22(25-13-30-17)20(21(15)24)14-5-3-6-16(23)9-14/h3,5-6,9-10,13H,2,4,7-8,11-12H2,1H3. The molecule has 5 nitrogen and oxygen atoms in total. The Morgan fingerprint density at radius 1 is 1.30 bits per heavy atom. The highest BCUT2D eigenvalue weighted by Crippen LogP contribution is 2.36. The van der Waals surface area contributed by atoms with Gasteiger partial charge in [-0.05, 0) is 30.2 Å². The first-order chi connectivity index (χ1) is 14.5. The SMILES string of the molecule is CCCC(=O)N1CCN(Cc2cc3scnc3c(-c3cccc(Cl)c3)c2F)C(=O)C1. The fourth-order valence-electron chi connectivity index (χ4n) is 3.72. The summed E-state index contributed by atoms with van der Waals surface area (Å²) in [5.74, 6) is -0.572. The number of carbonyl (C=O) groups excluding carboxylic acids is 2. The van der Waals surface area contributed by atoms with E-state index in [0.717, 1.165) is 11.1 Å². The van der Waals surface area contributed by atoms with Crippen LogP contribution in [-0.2, 0) is 16.1 Å². The number of carbonyl (C=O) groups is 2. The Morgan fingerprint density at radius 2 is 2.13 bits per heavy atom. The predicted molar refractivity (Wildman–Crippen MR) is 117 cm³/mol. The number of nitrogens with zero attached hydrogens (tertiary/aromatic N) is 3. The lowest BCUT2D eigenvalue weighted by Crippen LogP contribution is -2.51. The van der Waals surface area contributed by atoms with Crippen LogP contribution in [0.3, 0.4) is 0 Å². The molecule has 3 aromatic rings. The van der Waals surface area contributed by atoms with Crippen molar-refractivity contribution < 1.29 is 14.0 Å². The van der Waals surface area contributed by atoms with E-state index >= 15 is 4.39 Å². The number of hydrogen-bond acceptors (Lipinski definition) is 4. The van der Waals surface area contributed by atoms with E-state index in [9.17, 15) is 9.59 Å². The molecule has 0 saturated carbocycles. The van der Waals surface area contributed by atoms with E-state index in [2.05, 4.69) is 4.98 Å². The lowest BCUT2D eigenvalue weighted by Gasteiger charge is -2.34. The van der Waals surface area contributed by atoms with Crippen molar-refractivity contribution in [2.75, 3.05) is 19.6 Å². The summed E-state index contributed by atoms with van der Waals surface area (Å²) in [5, 5.41) is 0.517. The maximum absolute atomic E-state index is 15.6. The molecular formula is C22H21ClFN3O2S. The topological polar surface area (TPSA) is 53.5 Å². The number of benzene rings is 2. The number of rotatable bonds is 5. The molecule has 1 fully saturated rings. The molecule has 1 saturated heterocycles. The normalized spacial score (nSPS) is 14.6. The predicted octanol–water partition coefficient (Wildman–Crippen LogP) is 4.73. The number of fused-ring (bicyclic) bond motifs is 1. The number of thiazole rings is 1. The smallest absolute Gasteiger partial charge is 0.242 e. The van der Waals surface area contributed by atoms with Gasteiger partial charge < -0.3 is 9.80 Å². The average Bonchev–Trinajstić information content (AvgIpc) is 3.18. The number of hydrogen-bond donors (Lipinski definition) is 0. The molecule has 8 heteroatoms. The molecule has 2 heterocycles. The molecule has 156 valence electrons. The van der Waals surface area contributed by atoms with Crippen molar-refractivity contribution in [3.8, 4) is 11.1 Å². The minimum Gasteiger partial charge on any atom is -0.335 e. The summed E-state index contributed by atoms with van der Waals surface area (Å²) >= 11 is 7.55. The van der Waals surface area contributed by atoms with Gasteiger partial charge in [-0.15, -0.1) is 11.3 Å². The van der Waals surface area contributed by atoms with E-state index in [0.29, 0.717) is 46.7 Å². The summed E-state index contributed by atoms with van der Waals surface area (Å²) in [5.41, 5.74) is 3.76. The zero-order chi connectivity index (χ0) is 21.3. The second-order valence-corrected chi connectivity index (χ2v) is 8.64. The molecule has 0 unspecified atom stereocenters. The van der Waals surface area contributed by atoms with Crippen LogP contribution in [0.15, 0.2) is 35.8 Å². The molecule has 1 aliphatic rings. The van der Waals surface area contributed by atoms with Crippen molar-refractivity contribution in [2.45, 2.75) is 26.3 Å². The van der Waals surface area contributed by atoms with E-state index in [1.807, 2.05) is 6.92 Å². The van der Waals surface area contributed by atoms with Crippen LogP contribution in [0.2, 0.25) is 5.02 Å². The third-order valence-corrected chi connectivity index (χ3v) is 6.26. The molecule has 0 N–H and O–H groups in total. The Hall–Kier alpha value is -2.51. The van der Waals surface area contributed by atoms with Gasteiger partial charge in [0.15, 0.2) is 0 Å². The van der Waals surface area contributed by atoms with Gasteiger partial charge in [0, 0.05) is 42.2 Å². The molecule has 1 aliphatic heterocycles. The fourth-order valence-corrected chi connectivity index (χ4v) is 4.66. The fraction of sp³-hybridized carbons (Fsp3) is 0.318. The summed E-state index contributed by atoms with van der Waals surface area (Å²) in [7, 11) is 0. The second-order valence-electron chi connectivity index (χ2n) is 7.31. The highest BCUT2D eigenvalue weighted by molar-refractivity contribution is 7.16. The maximum Gasteiger partial charge on any atom is 0.242 e. The molecule has 30 heavy (non-hydrogen) atoms. The lowest BCUT2D eigenvalue weighted by molar-refractivity contribution is -0.145. The van der Waals surface area contributed by atoms with Crippen LogP contribution in [0.5, 0.6) is 0 Å². The molecule has 0 bridgehead atoms. The summed E-state index contributed by atoms with van der Waals surface area (Å²) in [6, 6.07) is 8.79. The Kier molecular flexibility index (Phi) is 6.01. The molecular weight excluding hydrogens is 425 g/mol. The van der Waals surface area contributed by atoms with Crippen LogP contribution >= 0.6 is 22.9 Å². The van der Waals surface area contributed by atoms with E-state index < -0.39 is 5.82 Å². The van der Waals surface area contributed by atoms with E-state index in [-0.39, 0.29) is 24.9 Å². The highest BCUT2D eigenvalue weighted by Gasteiger charge is 2.28. The molecule has 2 amide bonds. The quantitative estimate of drug-likeness (QED) is 0.570.